The Morgan fingerprint density at radius 3 is 2.34 bits per heavy atom. The number of carbonyl (C=O) groups is 3. The number of benzene rings is 3. The molecule has 2 aromatic heterocycles. The number of likely N-dealkylation sites (tertiary alicyclic amines) is 1. The fraction of sp³-hybridized carbons (Fsp3) is 0.317. The van der Waals surface area contributed by atoms with E-state index in [-0.39, 0.29) is 41.5 Å². The number of hydrogen-bond donors (Lipinski definition) is 5. The standard InChI is InChI=1S/C41H42F3N7O6S/c1-21(22-5-7-24(8-6-22)35-34(37(43)44)46-20-58-35)47-39(55)31-16-26(52)18-51(31)40(56)36(41(2,3)4)48-33(54)19-57-27-12-9-23(10-13-27)28-17-30(49-50-38(28)45)29-15-25(42)11-14-32(29)53/h5-15,17,20-21,26,31,36-37,52-53H,16,18-19H2,1-4H3,(H2,45,50)(H,47,55)(H,48,54)/t21?,26-,31+,36?/m1/s1. The number of halogens is 3. The Bertz CT molecular complexity index is 2290. The minimum Gasteiger partial charge on any atom is -0.507 e. The largest absolute Gasteiger partial charge is 0.507 e. The summed E-state index contributed by atoms with van der Waals surface area (Å²) in [6.45, 7) is 6.47. The van der Waals surface area contributed by atoms with Crippen molar-refractivity contribution in [3.63, 3.8) is 0 Å². The number of phenols is 1. The molecule has 0 aliphatic carbocycles. The molecule has 3 aromatic carbocycles. The van der Waals surface area contributed by atoms with Crippen LogP contribution < -0.4 is 21.1 Å². The summed E-state index contributed by atoms with van der Waals surface area (Å²) in [7, 11) is 0. The quantitative estimate of drug-likeness (QED) is 0.0991. The fourth-order valence-corrected chi connectivity index (χ4v) is 7.43. The van der Waals surface area contributed by atoms with Crippen molar-refractivity contribution < 1.29 is 42.5 Å². The first-order chi connectivity index (χ1) is 27.5. The van der Waals surface area contributed by atoms with E-state index in [1.165, 1.54) is 16.5 Å². The van der Waals surface area contributed by atoms with Crippen LogP contribution in [0.15, 0.2) is 78.3 Å². The van der Waals surface area contributed by atoms with Gasteiger partial charge in [0.1, 0.15) is 35.1 Å². The Morgan fingerprint density at radius 1 is 0.983 bits per heavy atom. The van der Waals surface area contributed by atoms with Gasteiger partial charge in [-0.3, -0.25) is 14.4 Å². The first-order valence-electron chi connectivity index (χ1n) is 18.3. The van der Waals surface area contributed by atoms with E-state index in [0.29, 0.717) is 32.9 Å². The van der Waals surface area contributed by atoms with Gasteiger partial charge < -0.3 is 36.2 Å². The Labute approximate surface area is 336 Å². The molecule has 58 heavy (non-hydrogen) atoms. The normalized spacial score (nSPS) is 16.5. The van der Waals surface area contributed by atoms with Crippen LogP contribution in [-0.4, -0.2) is 79.4 Å². The molecular formula is C41H42F3N7O6S. The maximum absolute atomic E-state index is 14.1. The van der Waals surface area contributed by atoms with Crippen LogP contribution in [0.1, 0.15) is 57.8 Å². The van der Waals surface area contributed by atoms with E-state index in [4.69, 9.17) is 10.5 Å². The number of β-amino-alcohol motifs (C(OH)–C–C–N with tert-alkyl or cyclic N) is 1. The van der Waals surface area contributed by atoms with Gasteiger partial charge in [-0.25, -0.2) is 18.2 Å². The SMILES string of the molecule is CC(NC(=O)[C@@H]1C[C@@H](O)CN1C(=O)C(NC(=O)COc1ccc(-c2cc(-c3cc(F)ccc3O)nnc2N)cc1)C(C)(C)C)c1ccc(-c2scnc2C(F)F)cc1. The lowest BCUT2D eigenvalue weighted by molar-refractivity contribution is -0.144. The highest BCUT2D eigenvalue weighted by Crippen LogP contribution is 2.35. The third kappa shape index (κ3) is 9.37. The minimum absolute atomic E-state index is 0.00920. The monoisotopic (exact) mass is 817 g/mol. The third-order valence-electron chi connectivity index (χ3n) is 9.71. The molecule has 6 rings (SSSR count). The first kappa shape index (κ1) is 41.6. The number of phenolic OH excluding ortho intramolecular Hbond substituents is 1. The molecular weight excluding hydrogens is 776 g/mol. The molecule has 6 N–H and O–H groups in total. The zero-order chi connectivity index (χ0) is 41.9. The number of ether oxygens (including phenoxy) is 1. The van der Waals surface area contributed by atoms with Crippen LogP contribution in [0.25, 0.3) is 32.8 Å². The number of amides is 3. The van der Waals surface area contributed by atoms with Gasteiger partial charge in [-0.05, 0) is 65.4 Å². The summed E-state index contributed by atoms with van der Waals surface area (Å²) in [4.78, 5) is 46.3. The van der Waals surface area contributed by atoms with Crippen molar-refractivity contribution >= 4 is 34.9 Å². The molecule has 0 radical (unpaired) electrons. The number of aromatic hydroxyl groups is 1. The van der Waals surface area contributed by atoms with Gasteiger partial charge in [0, 0.05) is 24.1 Å². The van der Waals surface area contributed by atoms with Gasteiger partial charge in [0.2, 0.25) is 11.8 Å². The van der Waals surface area contributed by atoms with E-state index >= 15 is 0 Å². The zero-order valence-corrected chi connectivity index (χ0v) is 32.8. The number of rotatable bonds is 12. The average molecular weight is 818 g/mol. The molecule has 304 valence electrons. The predicted octanol–water partition coefficient (Wildman–Crippen LogP) is 6.05. The molecule has 1 saturated heterocycles. The number of alkyl halides is 2. The average Bonchev–Trinajstić information content (AvgIpc) is 3.85. The van der Waals surface area contributed by atoms with E-state index < -0.39 is 66.2 Å². The summed E-state index contributed by atoms with van der Waals surface area (Å²) in [5.74, 6) is -1.97. The van der Waals surface area contributed by atoms with E-state index in [2.05, 4.69) is 25.8 Å². The lowest BCUT2D eigenvalue weighted by atomic mass is 9.85. The Kier molecular flexibility index (Phi) is 12.3. The number of carbonyl (C=O) groups excluding carboxylic acids is 3. The van der Waals surface area contributed by atoms with Crippen LogP contribution in [0.4, 0.5) is 19.0 Å². The number of nitrogen functional groups attached to an aromatic ring is 1. The van der Waals surface area contributed by atoms with Crippen molar-refractivity contribution in [2.24, 2.45) is 5.41 Å². The summed E-state index contributed by atoms with van der Waals surface area (Å²) < 4.78 is 46.3. The molecule has 1 fully saturated rings. The number of anilines is 1. The summed E-state index contributed by atoms with van der Waals surface area (Å²) in [5, 5.41) is 34.4. The molecule has 13 nitrogen and oxygen atoms in total. The molecule has 0 spiro atoms. The van der Waals surface area contributed by atoms with Gasteiger partial charge in [-0.15, -0.1) is 21.5 Å². The van der Waals surface area contributed by atoms with Gasteiger partial charge in [-0.1, -0.05) is 57.2 Å². The van der Waals surface area contributed by atoms with Crippen LogP contribution in [0.3, 0.4) is 0 Å². The number of aliphatic hydroxyl groups excluding tert-OH is 1. The van der Waals surface area contributed by atoms with Gasteiger partial charge in [0.05, 0.1) is 28.2 Å². The molecule has 1 aliphatic rings. The van der Waals surface area contributed by atoms with Crippen molar-refractivity contribution in [2.75, 3.05) is 18.9 Å². The van der Waals surface area contributed by atoms with Gasteiger partial charge in [0.15, 0.2) is 12.4 Å². The first-order valence-corrected chi connectivity index (χ1v) is 19.1. The highest BCUT2D eigenvalue weighted by molar-refractivity contribution is 7.13. The number of aromatic nitrogens is 3. The Morgan fingerprint density at radius 2 is 1.67 bits per heavy atom. The molecule has 3 heterocycles. The molecule has 5 aromatic rings. The number of aliphatic hydroxyl groups is 1. The van der Waals surface area contributed by atoms with Crippen LogP contribution in [0, 0.1) is 11.2 Å². The van der Waals surface area contributed by atoms with Gasteiger partial charge in [-0.2, -0.15) is 0 Å². The molecule has 17 heteroatoms. The number of thiazole rings is 1. The second kappa shape index (κ2) is 17.2. The zero-order valence-electron chi connectivity index (χ0n) is 31.9. The van der Waals surface area contributed by atoms with Crippen molar-refractivity contribution in [3.05, 3.63) is 95.4 Å². The maximum Gasteiger partial charge on any atom is 0.281 e. The van der Waals surface area contributed by atoms with Crippen LogP contribution in [0.5, 0.6) is 11.5 Å². The van der Waals surface area contributed by atoms with E-state index in [9.17, 15) is 37.8 Å². The molecule has 0 bridgehead atoms. The highest BCUT2D eigenvalue weighted by atomic mass is 32.1. The summed E-state index contributed by atoms with van der Waals surface area (Å²) in [6.07, 6.45) is -3.69. The molecule has 1 aliphatic heterocycles. The lowest BCUT2D eigenvalue weighted by Crippen LogP contribution is -2.58. The maximum atomic E-state index is 14.1. The third-order valence-corrected chi connectivity index (χ3v) is 10.6. The van der Waals surface area contributed by atoms with Crippen LogP contribution in [0.2, 0.25) is 0 Å². The summed E-state index contributed by atoms with van der Waals surface area (Å²) in [6, 6.07) is 15.7. The smallest absolute Gasteiger partial charge is 0.281 e. The predicted molar refractivity (Wildman–Crippen MR) is 211 cm³/mol. The van der Waals surface area contributed by atoms with Crippen molar-refractivity contribution in [2.45, 2.75) is 64.8 Å². The minimum atomic E-state index is -2.71. The molecule has 0 saturated carbocycles. The van der Waals surface area contributed by atoms with E-state index in [0.717, 1.165) is 23.5 Å². The van der Waals surface area contributed by atoms with Crippen LogP contribution >= 0.6 is 11.3 Å². The number of nitrogens with one attached hydrogen (secondary N) is 2. The Balaban J connectivity index is 1.08. The summed E-state index contributed by atoms with van der Waals surface area (Å²) >= 11 is 1.11. The second-order valence-corrected chi connectivity index (χ2v) is 15.8. The van der Waals surface area contributed by atoms with Crippen molar-refractivity contribution in [1.29, 1.82) is 0 Å². The van der Waals surface area contributed by atoms with Gasteiger partial charge >= 0.3 is 0 Å². The summed E-state index contributed by atoms with van der Waals surface area (Å²) in [5.41, 5.74) is 9.03. The van der Waals surface area contributed by atoms with Crippen LogP contribution in [-0.2, 0) is 14.4 Å². The lowest BCUT2D eigenvalue weighted by Gasteiger charge is -2.35. The topological polar surface area (TPSA) is 193 Å². The van der Waals surface area contributed by atoms with Crippen molar-refractivity contribution in [3.8, 4) is 44.3 Å². The van der Waals surface area contributed by atoms with Gasteiger partial charge in [0.25, 0.3) is 12.3 Å². The number of nitrogens with zero attached hydrogens (tertiary/aromatic N) is 4. The Hall–Kier alpha value is -6.07. The number of hydrogen-bond acceptors (Lipinski definition) is 11. The number of nitrogens with two attached hydrogens (primary N) is 1. The fourth-order valence-electron chi connectivity index (χ4n) is 6.62. The van der Waals surface area contributed by atoms with E-state index in [1.807, 2.05) is 0 Å². The second-order valence-electron chi connectivity index (χ2n) is 15.0. The van der Waals surface area contributed by atoms with E-state index in [1.54, 1.807) is 82.3 Å². The van der Waals surface area contributed by atoms with Crippen molar-refractivity contribution in [1.82, 2.24) is 30.7 Å². The highest BCUT2D eigenvalue weighted by Gasteiger charge is 2.44. The molecule has 3 amide bonds. The molecule has 2 unspecified atom stereocenters. The molecule has 4 atom stereocenters.